The molecule has 27 heavy (non-hydrogen) atoms. The first-order chi connectivity index (χ1) is 13.3. The molecular weight excluding hydrogens is 372 g/mol. The van der Waals surface area contributed by atoms with Gasteiger partial charge in [-0.1, -0.05) is 73.5 Å². The predicted octanol–water partition coefficient (Wildman–Crippen LogP) is 6.17. The molecule has 3 aromatic rings. The van der Waals surface area contributed by atoms with Gasteiger partial charge in [0.15, 0.2) is 5.13 Å². The Bertz CT molecular complexity index is 874. The molecular formula is C22H22N2OS2. The largest absolute Gasteiger partial charge is 0.301 e. The normalized spacial score (nSPS) is 15.6. The fourth-order valence-corrected chi connectivity index (χ4v) is 5.59. The molecule has 0 aliphatic heterocycles. The van der Waals surface area contributed by atoms with Crippen LogP contribution >= 0.6 is 23.1 Å². The zero-order valence-corrected chi connectivity index (χ0v) is 16.6. The summed E-state index contributed by atoms with van der Waals surface area (Å²) >= 11 is 3.28. The third-order valence-corrected chi connectivity index (χ3v) is 7.15. The number of thioether (sulfide) groups is 1. The highest BCUT2D eigenvalue weighted by molar-refractivity contribution is 8.00. The number of hydrogen-bond donors (Lipinski definition) is 1. The lowest BCUT2D eigenvalue weighted by Gasteiger charge is -2.19. The van der Waals surface area contributed by atoms with Crippen LogP contribution in [-0.4, -0.2) is 16.1 Å². The van der Waals surface area contributed by atoms with E-state index >= 15 is 0 Å². The van der Waals surface area contributed by atoms with Gasteiger partial charge in [0.05, 0.1) is 5.69 Å². The van der Waals surface area contributed by atoms with Gasteiger partial charge in [0.25, 0.3) is 0 Å². The zero-order valence-electron chi connectivity index (χ0n) is 15.0. The van der Waals surface area contributed by atoms with E-state index in [1.54, 1.807) is 11.8 Å². The summed E-state index contributed by atoms with van der Waals surface area (Å²) in [5.41, 5.74) is 3.02. The van der Waals surface area contributed by atoms with Crippen molar-refractivity contribution in [1.82, 2.24) is 4.98 Å². The second kappa shape index (κ2) is 8.72. The lowest BCUT2D eigenvalue weighted by atomic mass is 10.1. The number of benzene rings is 2. The molecule has 0 radical (unpaired) electrons. The third-order valence-electron chi connectivity index (χ3n) is 4.78. The lowest BCUT2D eigenvalue weighted by molar-refractivity contribution is -0.115. The SMILES string of the molecule is O=C(Nc1nc(-c2ccccc2)cs1)C(SC1CCCC1)c1ccccc1. The fourth-order valence-electron chi connectivity index (χ4n) is 3.38. The summed E-state index contributed by atoms with van der Waals surface area (Å²) in [6.07, 6.45) is 4.95. The molecule has 0 saturated heterocycles. The van der Waals surface area contributed by atoms with Gasteiger partial charge in [0, 0.05) is 16.2 Å². The first-order valence-corrected chi connectivity index (χ1v) is 11.1. The van der Waals surface area contributed by atoms with Crippen molar-refractivity contribution in [3.05, 3.63) is 71.6 Å². The van der Waals surface area contributed by atoms with Crippen LogP contribution in [0.2, 0.25) is 0 Å². The summed E-state index contributed by atoms with van der Waals surface area (Å²) < 4.78 is 0. The number of nitrogens with one attached hydrogen (secondary N) is 1. The van der Waals surface area contributed by atoms with Crippen molar-refractivity contribution in [2.75, 3.05) is 5.32 Å². The Hall–Kier alpha value is -2.11. The molecule has 0 spiro atoms. The molecule has 2 aromatic carbocycles. The molecule has 1 fully saturated rings. The van der Waals surface area contributed by atoms with Gasteiger partial charge in [-0.15, -0.1) is 23.1 Å². The first kappa shape index (κ1) is 18.3. The number of carbonyl (C=O) groups is 1. The average molecular weight is 395 g/mol. The maximum atomic E-state index is 13.1. The highest BCUT2D eigenvalue weighted by atomic mass is 32.2. The Kier molecular flexibility index (Phi) is 5.90. The maximum Gasteiger partial charge on any atom is 0.243 e. The van der Waals surface area contributed by atoms with Gasteiger partial charge < -0.3 is 5.32 Å². The van der Waals surface area contributed by atoms with Gasteiger partial charge in [-0.3, -0.25) is 4.79 Å². The number of aromatic nitrogens is 1. The van der Waals surface area contributed by atoms with Crippen molar-refractivity contribution in [3.8, 4) is 11.3 Å². The Morgan fingerprint density at radius 1 is 1.04 bits per heavy atom. The molecule has 138 valence electrons. The molecule has 1 aliphatic rings. The van der Waals surface area contributed by atoms with Crippen LogP contribution in [-0.2, 0) is 4.79 Å². The summed E-state index contributed by atoms with van der Waals surface area (Å²) in [6.45, 7) is 0. The molecule has 0 bridgehead atoms. The van der Waals surface area contributed by atoms with Crippen LogP contribution < -0.4 is 5.32 Å². The molecule has 3 nitrogen and oxygen atoms in total. The minimum atomic E-state index is -0.196. The van der Waals surface area contributed by atoms with E-state index in [2.05, 4.69) is 10.3 Å². The van der Waals surface area contributed by atoms with E-state index in [-0.39, 0.29) is 11.2 Å². The van der Waals surface area contributed by atoms with E-state index in [1.165, 1.54) is 37.0 Å². The van der Waals surface area contributed by atoms with Crippen molar-refractivity contribution in [2.45, 2.75) is 36.2 Å². The number of hydrogen-bond acceptors (Lipinski definition) is 4. The monoisotopic (exact) mass is 394 g/mol. The highest BCUT2D eigenvalue weighted by Gasteiger charge is 2.27. The van der Waals surface area contributed by atoms with E-state index in [4.69, 9.17) is 0 Å². The Morgan fingerprint density at radius 3 is 2.41 bits per heavy atom. The molecule has 1 amide bonds. The van der Waals surface area contributed by atoms with Crippen molar-refractivity contribution in [2.24, 2.45) is 0 Å². The predicted molar refractivity (Wildman–Crippen MR) is 115 cm³/mol. The second-order valence-corrected chi connectivity index (χ2v) is 8.99. The minimum absolute atomic E-state index is 0.0204. The van der Waals surface area contributed by atoms with E-state index in [1.807, 2.05) is 66.0 Å². The molecule has 1 aromatic heterocycles. The van der Waals surface area contributed by atoms with Crippen LogP contribution in [0.25, 0.3) is 11.3 Å². The zero-order chi connectivity index (χ0) is 18.5. The minimum Gasteiger partial charge on any atom is -0.301 e. The number of anilines is 1. The average Bonchev–Trinajstić information content (AvgIpc) is 3.39. The van der Waals surface area contributed by atoms with Crippen LogP contribution in [0, 0.1) is 0 Å². The van der Waals surface area contributed by atoms with Crippen LogP contribution in [0.1, 0.15) is 36.5 Å². The highest BCUT2D eigenvalue weighted by Crippen LogP contribution is 2.40. The van der Waals surface area contributed by atoms with Gasteiger partial charge in [-0.2, -0.15) is 0 Å². The van der Waals surface area contributed by atoms with Crippen LogP contribution in [0.4, 0.5) is 5.13 Å². The van der Waals surface area contributed by atoms with E-state index in [0.717, 1.165) is 16.8 Å². The smallest absolute Gasteiger partial charge is 0.243 e. The van der Waals surface area contributed by atoms with Crippen LogP contribution in [0.3, 0.4) is 0 Å². The second-order valence-electron chi connectivity index (χ2n) is 6.73. The molecule has 1 N–H and O–H groups in total. The molecule has 4 rings (SSSR count). The number of thiazole rings is 1. The number of carbonyl (C=O) groups excluding carboxylic acids is 1. The molecule has 5 heteroatoms. The number of rotatable bonds is 6. The van der Waals surface area contributed by atoms with Crippen molar-refractivity contribution in [3.63, 3.8) is 0 Å². The van der Waals surface area contributed by atoms with E-state index in [9.17, 15) is 4.79 Å². The van der Waals surface area contributed by atoms with E-state index in [0.29, 0.717) is 10.4 Å². The Labute approximate surface area is 168 Å². The molecule has 1 heterocycles. The summed E-state index contributed by atoms with van der Waals surface area (Å²) in [6, 6.07) is 20.1. The lowest BCUT2D eigenvalue weighted by Crippen LogP contribution is -2.20. The van der Waals surface area contributed by atoms with Crippen molar-refractivity contribution in [1.29, 1.82) is 0 Å². The van der Waals surface area contributed by atoms with Crippen LogP contribution in [0.5, 0.6) is 0 Å². The molecule has 1 unspecified atom stereocenters. The Morgan fingerprint density at radius 2 is 1.70 bits per heavy atom. The molecule has 1 saturated carbocycles. The topological polar surface area (TPSA) is 42.0 Å². The maximum absolute atomic E-state index is 13.1. The van der Waals surface area contributed by atoms with Crippen molar-refractivity contribution < 1.29 is 4.79 Å². The first-order valence-electron chi connectivity index (χ1n) is 9.32. The van der Waals surface area contributed by atoms with Gasteiger partial charge in [-0.05, 0) is 18.4 Å². The van der Waals surface area contributed by atoms with Crippen LogP contribution in [0.15, 0.2) is 66.0 Å². The van der Waals surface area contributed by atoms with Gasteiger partial charge in [0.2, 0.25) is 5.91 Å². The molecule has 1 aliphatic carbocycles. The standard InChI is InChI=1S/C22H22N2OS2/c25-21(24-22-23-19(15-26-22)16-9-3-1-4-10-16)20(17-11-5-2-6-12-17)27-18-13-7-8-14-18/h1-6,9-12,15,18,20H,7-8,13-14H2,(H,23,24,25). The van der Waals surface area contributed by atoms with E-state index < -0.39 is 0 Å². The summed E-state index contributed by atoms with van der Waals surface area (Å²) in [4.78, 5) is 17.7. The summed E-state index contributed by atoms with van der Waals surface area (Å²) in [7, 11) is 0. The quantitative estimate of drug-likeness (QED) is 0.544. The summed E-state index contributed by atoms with van der Waals surface area (Å²) in [5.74, 6) is 0.0204. The van der Waals surface area contributed by atoms with Gasteiger partial charge in [0.1, 0.15) is 5.25 Å². The number of nitrogens with zero attached hydrogens (tertiary/aromatic N) is 1. The van der Waals surface area contributed by atoms with Gasteiger partial charge in [-0.25, -0.2) is 4.98 Å². The summed E-state index contributed by atoms with van der Waals surface area (Å²) in [5, 5.41) is 6.07. The van der Waals surface area contributed by atoms with Crippen molar-refractivity contribution >= 4 is 34.1 Å². The third kappa shape index (κ3) is 4.60. The fraction of sp³-hybridized carbons (Fsp3) is 0.273. The molecule has 1 atom stereocenters. The van der Waals surface area contributed by atoms with Gasteiger partial charge >= 0.3 is 0 Å². The number of amides is 1. The Balaban J connectivity index is 1.50.